The van der Waals surface area contributed by atoms with Crippen LogP contribution in [0, 0.1) is 0 Å². The molecule has 0 spiro atoms. The SMILES string of the molecule is C=CC(C)[N+](CC)(CC)CC. The lowest BCUT2D eigenvalue weighted by Crippen LogP contribution is -2.52. The van der Waals surface area contributed by atoms with Gasteiger partial charge >= 0.3 is 0 Å². The molecule has 1 unspecified atom stereocenters. The molecule has 0 rings (SSSR count). The zero-order chi connectivity index (χ0) is 8.91. The standard InChI is InChI=1S/C10H22N/c1-6-10(5)11(7-2,8-3)9-4/h6,10H,1,7-9H2,2-5H3/q+1. The fraction of sp³-hybridized carbons (Fsp3) is 0.800. The molecule has 0 bridgehead atoms. The van der Waals surface area contributed by atoms with E-state index in [0.29, 0.717) is 6.04 Å². The summed E-state index contributed by atoms with van der Waals surface area (Å²) >= 11 is 0. The molecule has 1 atom stereocenters. The molecule has 0 aromatic rings. The van der Waals surface area contributed by atoms with Crippen molar-refractivity contribution in [3.05, 3.63) is 12.7 Å². The van der Waals surface area contributed by atoms with Crippen molar-refractivity contribution in [2.45, 2.75) is 33.7 Å². The molecular formula is C10H22N+. The summed E-state index contributed by atoms with van der Waals surface area (Å²) in [4.78, 5) is 0. The van der Waals surface area contributed by atoms with Crippen LogP contribution in [-0.2, 0) is 0 Å². The number of likely N-dealkylation sites (N-methyl/N-ethyl adjacent to an activating group) is 1. The van der Waals surface area contributed by atoms with Gasteiger partial charge in [0.05, 0.1) is 19.6 Å². The molecule has 1 nitrogen and oxygen atoms in total. The quantitative estimate of drug-likeness (QED) is 0.423. The van der Waals surface area contributed by atoms with Gasteiger partial charge < -0.3 is 4.48 Å². The lowest BCUT2D eigenvalue weighted by atomic mass is 10.2. The van der Waals surface area contributed by atoms with Gasteiger partial charge in [-0.25, -0.2) is 0 Å². The Hall–Kier alpha value is -0.300. The predicted molar refractivity (Wildman–Crippen MR) is 51.5 cm³/mol. The first-order valence-corrected chi connectivity index (χ1v) is 4.65. The van der Waals surface area contributed by atoms with Gasteiger partial charge in [-0.2, -0.15) is 0 Å². The van der Waals surface area contributed by atoms with Crippen LogP contribution in [0.3, 0.4) is 0 Å². The number of hydrogen-bond donors (Lipinski definition) is 0. The molecule has 0 amide bonds. The second-order valence-corrected chi connectivity index (χ2v) is 3.14. The summed E-state index contributed by atoms with van der Waals surface area (Å²) in [6.07, 6.45) is 2.07. The maximum Gasteiger partial charge on any atom is 0.104 e. The van der Waals surface area contributed by atoms with E-state index in [1.165, 1.54) is 24.1 Å². The van der Waals surface area contributed by atoms with Crippen LogP contribution in [0.15, 0.2) is 12.7 Å². The number of rotatable bonds is 5. The van der Waals surface area contributed by atoms with Gasteiger partial charge in [-0.3, -0.25) is 0 Å². The van der Waals surface area contributed by atoms with E-state index in [2.05, 4.69) is 40.3 Å². The van der Waals surface area contributed by atoms with Crippen molar-refractivity contribution in [2.24, 2.45) is 0 Å². The van der Waals surface area contributed by atoms with Crippen LogP contribution in [0.25, 0.3) is 0 Å². The highest BCUT2D eigenvalue weighted by Crippen LogP contribution is 2.13. The first-order valence-electron chi connectivity index (χ1n) is 4.65. The zero-order valence-electron chi connectivity index (χ0n) is 8.43. The summed E-state index contributed by atoms with van der Waals surface area (Å²) in [7, 11) is 0. The number of nitrogens with zero attached hydrogens (tertiary/aromatic N) is 1. The summed E-state index contributed by atoms with van der Waals surface area (Å²) in [6.45, 7) is 16.5. The van der Waals surface area contributed by atoms with Crippen molar-refractivity contribution in [1.82, 2.24) is 0 Å². The van der Waals surface area contributed by atoms with Crippen LogP contribution in [0.4, 0.5) is 0 Å². The summed E-state index contributed by atoms with van der Waals surface area (Å²) in [6, 6.07) is 0.593. The van der Waals surface area contributed by atoms with Gasteiger partial charge in [0.25, 0.3) is 0 Å². The summed E-state index contributed by atoms with van der Waals surface area (Å²) in [5.74, 6) is 0. The van der Waals surface area contributed by atoms with E-state index in [-0.39, 0.29) is 0 Å². The van der Waals surface area contributed by atoms with Gasteiger partial charge in [-0.05, 0) is 33.8 Å². The molecule has 0 saturated carbocycles. The van der Waals surface area contributed by atoms with E-state index in [4.69, 9.17) is 0 Å². The van der Waals surface area contributed by atoms with E-state index in [1.54, 1.807) is 0 Å². The van der Waals surface area contributed by atoms with Crippen LogP contribution >= 0.6 is 0 Å². The van der Waals surface area contributed by atoms with Gasteiger partial charge in [0.2, 0.25) is 0 Å². The first kappa shape index (κ1) is 10.7. The van der Waals surface area contributed by atoms with Crippen molar-refractivity contribution in [1.29, 1.82) is 0 Å². The Bertz CT molecular complexity index is 106. The molecule has 66 valence electrons. The molecule has 0 fully saturated rings. The minimum atomic E-state index is 0.593. The normalized spacial score (nSPS) is 14.5. The number of hydrogen-bond acceptors (Lipinski definition) is 0. The highest BCUT2D eigenvalue weighted by atomic mass is 15.4. The third-order valence-corrected chi connectivity index (χ3v) is 3.09. The van der Waals surface area contributed by atoms with Crippen molar-refractivity contribution in [3.63, 3.8) is 0 Å². The van der Waals surface area contributed by atoms with Gasteiger partial charge in [0, 0.05) is 0 Å². The Morgan fingerprint density at radius 3 is 1.64 bits per heavy atom. The summed E-state index contributed by atoms with van der Waals surface area (Å²) < 4.78 is 1.17. The Morgan fingerprint density at radius 2 is 1.55 bits per heavy atom. The second kappa shape index (κ2) is 4.55. The van der Waals surface area contributed by atoms with Gasteiger partial charge in [-0.15, -0.1) is 0 Å². The lowest BCUT2D eigenvalue weighted by molar-refractivity contribution is -0.938. The third kappa shape index (κ3) is 2.06. The molecule has 0 aliphatic carbocycles. The van der Waals surface area contributed by atoms with Crippen LogP contribution in [0.5, 0.6) is 0 Å². The first-order chi connectivity index (χ1) is 5.16. The van der Waals surface area contributed by atoms with E-state index in [9.17, 15) is 0 Å². The maximum atomic E-state index is 3.85. The largest absolute Gasteiger partial charge is 0.319 e. The van der Waals surface area contributed by atoms with E-state index in [1.807, 2.05) is 0 Å². The monoisotopic (exact) mass is 156 g/mol. The van der Waals surface area contributed by atoms with Gasteiger partial charge in [0.1, 0.15) is 6.04 Å². The highest BCUT2D eigenvalue weighted by molar-refractivity contribution is 4.76. The molecule has 0 saturated heterocycles. The van der Waals surface area contributed by atoms with Crippen LogP contribution in [-0.4, -0.2) is 30.2 Å². The van der Waals surface area contributed by atoms with Crippen molar-refractivity contribution in [3.8, 4) is 0 Å². The number of quaternary nitrogens is 1. The molecule has 0 radical (unpaired) electrons. The average molecular weight is 156 g/mol. The molecular weight excluding hydrogens is 134 g/mol. The molecule has 1 heteroatoms. The van der Waals surface area contributed by atoms with Gasteiger partial charge in [0.15, 0.2) is 0 Å². The fourth-order valence-corrected chi connectivity index (χ4v) is 1.76. The molecule has 0 aromatic carbocycles. The molecule has 0 heterocycles. The van der Waals surface area contributed by atoms with Crippen molar-refractivity contribution >= 4 is 0 Å². The Balaban J connectivity index is 4.38. The van der Waals surface area contributed by atoms with Gasteiger partial charge in [-0.1, -0.05) is 6.58 Å². The van der Waals surface area contributed by atoms with Crippen molar-refractivity contribution < 1.29 is 4.48 Å². The summed E-state index contributed by atoms with van der Waals surface area (Å²) in [5, 5.41) is 0. The Kier molecular flexibility index (Phi) is 4.43. The average Bonchev–Trinajstić information content (AvgIpc) is 2.08. The molecule has 0 aromatic heterocycles. The van der Waals surface area contributed by atoms with E-state index < -0.39 is 0 Å². The second-order valence-electron chi connectivity index (χ2n) is 3.14. The minimum Gasteiger partial charge on any atom is -0.319 e. The molecule has 0 aliphatic rings. The van der Waals surface area contributed by atoms with Crippen LogP contribution < -0.4 is 0 Å². The topological polar surface area (TPSA) is 0 Å². The highest BCUT2D eigenvalue weighted by Gasteiger charge is 2.25. The Labute approximate surface area is 71.3 Å². The summed E-state index contributed by atoms with van der Waals surface area (Å²) in [5.41, 5.74) is 0. The third-order valence-electron chi connectivity index (χ3n) is 3.09. The minimum absolute atomic E-state index is 0.593. The Morgan fingerprint density at radius 1 is 1.18 bits per heavy atom. The zero-order valence-corrected chi connectivity index (χ0v) is 8.43. The lowest BCUT2D eigenvalue weighted by Gasteiger charge is -2.40. The maximum absolute atomic E-state index is 3.85. The molecule has 0 aliphatic heterocycles. The molecule has 11 heavy (non-hydrogen) atoms. The van der Waals surface area contributed by atoms with E-state index in [0.717, 1.165) is 0 Å². The smallest absolute Gasteiger partial charge is 0.104 e. The molecule has 0 N–H and O–H groups in total. The van der Waals surface area contributed by atoms with Crippen LogP contribution in [0.1, 0.15) is 27.7 Å². The van der Waals surface area contributed by atoms with E-state index >= 15 is 0 Å². The fourth-order valence-electron chi connectivity index (χ4n) is 1.76. The van der Waals surface area contributed by atoms with Crippen LogP contribution in [0.2, 0.25) is 0 Å². The predicted octanol–water partition coefficient (Wildman–Crippen LogP) is 2.44. The van der Waals surface area contributed by atoms with Crippen molar-refractivity contribution in [2.75, 3.05) is 19.6 Å².